The summed E-state index contributed by atoms with van der Waals surface area (Å²) >= 11 is 0. The molecular formula is C16H21N3O2. The lowest BCUT2D eigenvalue weighted by atomic mass is 10.1. The molecule has 1 aliphatic rings. The molecule has 0 fully saturated rings. The molecule has 1 heterocycles. The van der Waals surface area contributed by atoms with Crippen molar-refractivity contribution in [2.45, 2.75) is 27.2 Å². The number of imide groups is 1. The first-order valence-electron chi connectivity index (χ1n) is 7.37. The van der Waals surface area contributed by atoms with Gasteiger partial charge in [0, 0.05) is 31.7 Å². The lowest BCUT2D eigenvalue weighted by Gasteiger charge is -2.21. The van der Waals surface area contributed by atoms with Crippen molar-refractivity contribution in [2.75, 3.05) is 24.5 Å². The molecule has 0 N–H and O–H groups in total. The Morgan fingerprint density at radius 3 is 2.14 bits per heavy atom. The summed E-state index contributed by atoms with van der Waals surface area (Å²) in [5, 5.41) is 0. The van der Waals surface area contributed by atoms with Crippen LogP contribution in [0.15, 0.2) is 29.3 Å². The number of amides is 3. The average molecular weight is 287 g/mol. The molecule has 5 nitrogen and oxygen atoms in total. The molecule has 0 aromatic heterocycles. The number of rotatable bonds is 6. The Bertz CT molecular complexity index is 559. The highest BCUT2D eigenvalue weighted by Gasteiger charge is 2.31. The number of urea groups is 1. The molecule has 0 radical (unpaired) electrons. The summed E-state index contributed by atoms with van der Waals surface area (Å²) in [7, 11) is 0. The van der Waals surface area contributed by atoms with Crippen LogP contribution in [0.4, 0.5) is 10.5 Å². The van der Waals surface area contributed by atoms with Gasteiger partial charge in [0.2, 0.25) is 0 Å². The van der Waals surface area contributed by atoms with Crippen LogP contribution >= 0.6 is 0 Å². The molecule has 0 spiro atoms. The van der Waals surface area contributed by atoms with E-state index in [-0.39, 0.29) is 5.91 Å². The topological polar surface area (TPSA) is 53.0 Å². The zero-order chi connectivity index (χ0) is 15.4. The number of hydrogen-bond donors (Lipinski definition) is 0. The maximum Gasteiger partial charge on any atom is 0.350 e. The first-order chi connectivity index (χ1) is 10.1. The van der Waals surface area contributed by atoms with Gasteiger partial charge in [-0.1, -0.05) is 12.1 Å². The monoisotopic (exact) mass is 287 g/mol. The quantitative estimate of drug-likeness (QED) is 0.807. The standard InChI is InChI=1S/C16H21N3O2/c1-4-18(5-2)13-9-7-12(8-10-13)11-14-15(20)19(6-3)16(21)17-14/h7-10H,4-6,11H2,1-3H3. The van der Waals surface area contributed by atoms with Gasteiger partial charge >= 0.3 is 6.03 Å². The largest absolute Gasteiger partial charge is 0.372 e. The van der Waals surface area contributed by atoms with Gasteiger partial charge in [0.15, 0.2) is 0 Å². The van der Waals surface area contributed by atoms with E-state index >= 15 is 0 Å². The minimum Gasteiger partial charge on any atom is -0.372 e. The summed E-state index contributed by atoms with van der Waals surface area (Å²) in [6, 6.07) is 7.62. The van der Waals surface area contributed by atoms with E-state index in [4.69, 9.17) is 0 Å². The maximum atomic E-state index is 12.0. The van der Waals surface area contributed by atoms with Crippen LogP contribution in [0, 0.1) is 0 Å². The number of aliphatic imine (C=N–C) groups is 1. The fourth-order valence-corrected chi connectivity index (χ4v) is 2.47. The zero-order valence-electron chi connectivity index (χ0n) is 12.8. The molecule has 1 aromatic rings. The number of hydrogen-bond acceptors (Lipinski definition) is 3. The fraction of sp³-hybridized carbons (Fsp3) is 0.438. The summed E-state index contributed by atoms with van der Waals surface area (Å²) in [6.45, 7) is 8.29. The van der Waals surface area contributed by atoms with E-state index < -0.39 is 6.03 Å². The van der Waals surface area contributed by atoms with Crippen LogP contribution < -0.4 is 4.90 Å². The predicted octanol–water partition coefficient (Wildman–Crippen LogP) is 2.50. The van der Waals surface area contributed by atoms with Crippen LogP contribution in [0.5, 0.6) is 0 Å². The van der Waals surface area contributed by atoms with Crippen molar-refractivity contribution in [2.24, 2.45) is 4.99 Å². The molecule has 0 aliphatic carbocycles. The molecule has 112 valence electrons. The Balaban J connectivity index is 2.09. The Kier molecular flexibility index (Phi) is 4.73. The van der Waals surface area contributed by atoms with Crippen molar-refractivity contribution in [1.82, 2.24) is 4.90 Å². The van der Waals surface area contributed by atoms with Crippen LogP contribution in [-0.2, 0) is 11.2 Å². The normalized spacial score (nSPS) is 14.6. The van der Waals surface area contributed by atoms with Crippen molar-refractivity contribution in [1.29, 1.82) is 0 Å². The summed E-state index contributed by atoms with van der Waals surface area (Å²) in [4.78, 5) is 30.8. The number of anilines is 1. The zero-order valence-corrected chi connectivity index (χ0v) is 12.8. The van der Waals surface area contributed by atoms with Crippen LogP contribution in [0.25, 0.3) is 0 Å². The number of nitrogens with zero attached hydrogens (tertiary/aromatic N) is 3. The van der Waals surface area contributed by atoms with Crippen molar-refractivity contribution < 1.29 is 9.59 Å². The molecule has 0 saturated heterocycles. The summed E-state index contributed by atoms with van der Waals surface area (Å²) in [6.07, 6.45) is 0.402. The molecule has 1 aliphatic heterocycles. The Hall–Kier alpha value is -2.17. The van der Waals surface area contributed by atoms with Gasteiger partial charge in [-0.15, -0.1) is 0 Å². The van der Waals surface area contributed by atoms with Gasteiger partial charge < -0.3 is 4.90 Å². The Morgan fingerprint density at radius 2 is 1.67 bits per heavy atom. The molecule has 0 atom stereocenters. The van der Waals surface area contributed by atoms with Crippen molar-refractivity contribution in [3.8, 4) is 0 Å². The predicted molar refractivity (Wildman–Crippen MR) is 83.9 cm³/mol. The summed E-state index contributed by atoms with van der Waals surface area (Å²) in [5.41, 5.74) is 2.48. The average Bonchev–Trinajstić information content (AvgIpc) is 2.76. The van der Waals surface area contributed by atoms with E-state index in [2.05, 4.69) is 23.7 Å². The van der Waals surface area contributed by atoms with E-state index in [0.717, 1.165) is 24.3 Å². The number of carbonyl (C=O) groups excluding carboxylic acids is 2. The van der Waals surface area contributed by atoms with E-state index in [1.807, 2.05) is 24.3 Å². The van der Waals surface area contributed by atoms with E-state index in [1.54, 1.807) is 6.92 Å². The van der Waals surface area contributed by atoms with Crippen LogP contribution in [0.1, 0.15) is 26.3 Å². The molecule has 3 amide bonds. The van der Waals surface area contributed by atoms with Crippen molar-refractivity contribution >= 4 is 23.3 Å². The number of carbonyl (C=O) groups is 2. The van der Waals surface area contributed by atoms with Gasteiger partial charge in [0.1, 0.15) is 5.71 Å². The molecule has 5 heteroatoms. The second-order valence-corrected chi connectivity index (χ2v) is 4.91. The third-order valence-corrected chi connectivity index (χ3v) is 3.71. The van der Waals surface area contributed by atoms with Gasteiger partial charge in [-0.05, 0) is 38.5 Å². The Labute approximate surface area is 125 Å². The maximum absolute atomic E-state index is 12.0. The van der Waals surface area contributed by atoms with Gasteiger partial charge in [-0.2, -0.15) is 4.99 Å². The Morgan fingerprint density at radius 1 is 1.05 bits per heavy atom. The summed E-state index contributed by atoms with van der Waals surface area (Å²) in [5.74, 6) is -0.268. The molecule has 0 bridgehead atoms. The first kappa shape index (κ1) is 15.2. The van der Waals surface area contributed by atoms with Gasteiger partial charge in [-0.3, -0.25) is 9.69 Å². The van der Waals surface area contributed by atoms with E-state index in [9.17, 15) is 9.59 Å². The second kappa shape index (κ2) is 6.52. The van der Waals surface area contributed by atoms with Crippen LogP contribution in [0.3, 0.4) is 0 Å². The SMILES string of the molecule is CCN1C(=O)N=C(Cc2ccc(N(CC)CC)cc2)C1=O. The molecule has 2 rings (SSSR count). The van der Waals surface area contributed by atoms with Crippen LogP contribution in [0.2, 0.25) is 0 Å². The molecule has 0 unspecified atom stereocenters. The second-order valence-electron chi connectivity index (χ2n) is 4.91. The molecule has 1 aromatic carbocycles. The summed E-state index contributed by atoms with van der Waals surface area (Å²) < 4.78 is 0. The molecule has 0 saturated carbocycles. The van der Waals surface area contributed by atoms with Crippen molar-refractivity contribution in [3.05, 3.63) is 29.8 Å². The highest BCUT2D eigenvalue weighted by molar-refractivity contribution is 6.46. The highest BCUT2D eigenvalue weighted by atomic mass is 16.2. The van der Waals surface area contributed by atoms with Crippen LogP contribution in [-0.4, -0.2) is 42.2 Å². The molecule has 21 heavy (non-hydrogen) atoms. The van der Waals surface area contributed by atoms with E-state index in [1.165, 1.54) is 4.90 Å². The first-order valence-corrected chi connectivity index (χ1v) is 7.37. The molecular weight excluding hydrogens is 266 g/mol. The van der Waals surface area contributed by atoms with Gasteiger partial charge in [0.25, 0.3) is 5.91 Å². The smallest absolute Gasteiger partial charge is 0.350 e. The van der Waals surface area contributed by atoms with E-state index in [0.29, 0.717) is 18.7 Å². The lowest BCUT2D eigenvalue weighted by Crippen LogP contribution is -2.32. The number of benzene rings is 1. The highest BCUT2D eigenvalue weighted by Crippen LogP contribution is 2.17. The third-order valence-electron chi connectivity index (χ3n) is 3.71. The van der Waals surface area contributed by atoms with Gasteiger partial charge in [-0.25, -0.2) is 4.79 Å². The lowest BCUT2D eigenvalue weighted by molar-refractivity contribution is -0.120. The van der Waals surface area contributed by atoms with Crippen molar-refractivity contribution in [3.63, 3.8) is 0 Å². The van der Waals surface area contributed by atoms with Gasteiger partial charge in [0.05, 0.1) is 0 Å². The minimum atomic E-state index is -0.447. The minimum absolute atomic E-state index is 0.268. The fourth-order valence-electron chi connectivity index (χ4n) is 2.47. The third kappa shape index (κ3) is 3.12.